The van der Waals surface area contributed by atoms with Gasteiger partial charge in [-0.1, -0.05) is 18.2 Å². The molecule has 1 unspecified atom stereocenters. The fourth-order valence-corrected chi connectivity index (χ4v) is 2.78. The van der Waals surface area contributed by atoms with Crippen LogP contribution in [0.15, 0.2) is 24.3 Å². The molecule has 0 aliphatic carbocycles. The van der Waals surface area contributed by atoms with Crippen LogP contribution in [0, 0.1) is 13.8 Å². The van der Waals surface area contributed by atoms with Crippen molar-refractivity contribution >= 4 is 11.9 Å². The van der Waals surface area contributed by atoms with Crippen molar-refractivity contribution in [2.24, 2.45) is 0 Å². The van der Waals surface area contributed by atoms with Gasteiger partial charge in [0.15, 0.2) is 0 Å². The highest BCUT2D eigenvalue weighted by molar-refractivity contribution is 5.96. The molecule has 0 fully saturated rings. The smallest absolute Gasteiger partial charge is 0.257 e. The first-order chi connectivity index (χ1) is 11.9. The second-order valence-electron chi connectivity index (χ2n) is 5.93. The number of carbonyl (C=O) groups is 1. The SMILES string of the molecule is CCN(CC)C(=O)c1c(C)nc(N)nc1C(C)Oc1ccccc1C. The van der Waals surface area contributed by atoms with E-state index >= 15 is 0 Å². The number of aryl methyl sites for hydroxylation is 2. The maximum Gasteiger partial charge on any atom is 0.257 e. The number of para-hydroxylation sites is 1. The average molecular weight is 342 g/mol. The largest absolute Gasteiger partial charge is 0.484 e. The number of benzene rings is 1. The molecule has 2 aromatic rings. The van der Waals surface area contributed by atoms with Gasteiger partial charge in [-0.05, 0) is 46.2 Å². The molecule has 0 bridgehead atoms. The highest BCUT2D eigenvalue weighted by atomic mass is 16.5. The molecule has 6 heteroatoms. The summed E-state index contributed by atoms with van der Waals surface area (Å²) in [5.41, 5.74) is 8.41. The number of nitrogen functional groups attached to an aromatic ring is 1. The summed E-state index contributed by atoms with van der Waals surface area (Å²) in [6, 6.07) is 7.74. The molecule has 2 N–H and O–H groups in total. The highest BCUT2D eigenvalue weighted by Gasteiger charge is 2.26. The Hall–Kier alpha value is -2.63. The van der Waals surface area contributed by atoms with E-state index in [4.69, 9.17) is 10.5 Å². The van der Waals surface area contributed by atoms with Crippen LogP contribution in [-0.4, -0.2) is 33.9 Å². The van der Waals surface area contributed by atoms with Crippen LogP contribution in [-0.2, 0) is 0 Å². The molecule has 0 radical (unpaired) electrons. The van der Waals surface area contributed by atoms with Crippen molar-refractivity contribution in [2.45, 2.75) is 40.7 Å². The highest BCUT2D eigenvalue weighted by Crippen LogP contribution is 2.27. The van der Waals surface area contributed by atoms with Crippen molar-refractivity contribution in [3.8, 4) is 5.75 Å². The number of amides is 1. The molecule has 6 nitrogen and oxygen atoms in total. The minimum Gasteiger partial charge on any atom is -0.484 e. The lowest BCUT2D eigenvalue weighted by molar-refractivity contribution is 0.0765. The number of ether oxygens (including phenoxy) is 1. The average Bonchev–Trinajstić information content (AvgIpc) is 2.57. The molecule has 1 aromatic carbocycles. The maximum absolute atomic E-state index is 12.9. The zero-order chi connectivity index (χ0) is 18.6. The van der Waals surface area contributed by atoms with Gasteiger partial charge in [-0.25, -0.2) is 9.97 Å². The van der Waals surface area contributed by atoms with Gasteiger partial charge in [-0.2, -0.15) is 0 Å². The van der Waals surface area contributed by atoms with Gasteiger partial charge in [-0.15, -0.1) is 0 Å². The molecular formula is C19H26N4O2. The monoisotopic (exact) mass is 342 g/mol. The fraction of sp³-hybridized carbons (Fsp3) is 0.421. The van der Waals surface area contributed by atoms with Crippen LogP contribution in [0.4, 0.5) is 5.95 Å². The summed E-state index contributed by atoms with van der Waals surface area (Å²) in [7, 11) is 0. The van der Waals surface area contributed by atoms with Crippen LogP contribution in [0.5, 0.6) is 5.75 Å². The molecule has 0 aliphatic heterocycles. The van der Waals surface area contributed by atoms with Crippen molar-refractivity contribution in [1.82, 2.24) is 14.9 Å². The zero-order valence-corrected chi connectivity index (χ0v) is 15.5. The van der Waals surface area contributed by atoms with Crippen LogP contribution in [0.3, 0.4) is 0 Å². The van der Waals surface area contributed by atoms with E-state index in [9.17, 15) is 4.79 Å². The first kappa shape index (κ1) is 18.7. The van der Waals surface area contributed by atoms with E-state index < -0.39 is 6.10 Å². The quantitative estimate of drug-likeness (QED) is 0.871. The Balaban J connectivity index is 2.45. The molecule has 0 saturated heterocycles. The second-order valence-corrected chi connectivity index (χ2v) is 5.93. The number of aromatic nitrogens is 2. The third-order valence-corrected chi connectivity index (χ3v) is 4.18. The lowest BCUT2D eigenvalue weighted by atomic mass is 10.1. The van der Waals surface area contributed by atoms with Crippen molar-refractivity contribution < 1.29 is 9.53 Å². The summed E-state index contributed by atoms with van der Waals surface area (Å²) in [5.74, 6) is 0.799. The van der Waals surface area contributed by atoms with Gasteiger partial charge in [0.05, 0.1) is 17.0 Å². The number of carbonyl (C=O) groups excluding carboxylic acids is 1. The molecule has 0 spiro atoms. The second kappa shape index (κ2) is 7.96. The Bertz CT molecular complexity index is 757. The van der Waals surface area contributed by atoms with Gasteiger partial charge in [0.1, 0.15) is 11.9 Å². The van der Waals surface area contributed by atoms with Gasteiger partial charge in [0.25, 0.3) is 5.91 Å². The summed E-state index contributed by atoms with van der Waals surface area (Å²) < 4.78 is 6.06. The summed E-state index contributed by atoms with van der Waals surface area (Å²) in [6.45, 7) is 10.7. The Morgan fingerprint density at radius 2 is 1.84 bits per heavy atom. The maximum atomic E-state index is 12.9. The molecule has 134 valence electrons. The number of hydrogen-bond acceptors (Lipinski definition) is 5. The molecule has 1 amide bonds. The van der Waals surface area contributed by atoms with Gasteiger partial charge in [0.2, 0.25) is 5.95 Å². The van der Waals surface area contributed by atoms with Crippen LogP contribution < -0.4 is 10.5 Å². The van der Waals surface area contributed by atoms with E-state index in [1.807, 2.05) is 52.0 Å². The van der Waals surface area contributed by atoms with Crippen LogP contribution in [0.1, 0.15) is 54.2 Å². The van der Waals surface area contributed by atoms with E-state index in [2.05, 4.69) is 9.97 Å². The van der Waals surface area contributed by atoms with Crippen LogP contribution in [0.25, 0.3) is 0 Å². The van der Waals surface area contributed by atoms with Crippen LogP contribution >= 0.6 is 0 Å². The third-order valence-electron chi connectivity index (χ3n) is 4.18. The van der Waals surface area contributed by atoms with E-state index in [0.717, 1.165) is 11.3 Å². The predicted octanol–water partition coefficient (Wildman–Crippen LogP) is 3.30. The van der Waals surface area contributed by atoms with Crippen molar-refractivity contribution in [3.05, 3.63) is 46.8 Å². The van der Waals surface area contributed by atoms with Gasteiger partial charge >= 0.3 is 0 Å². The van der Waals surface area contributed by atoms with Crippen molar-refractivity contribution in [2.75, 3.05) is 18.8 Å². The first-order valence-corrected chi connectivity index (χ1v) is 8.54. The Morgan fingerprint density at radius 3 is 2.44 bits per heavy atom. The van der Waals surface area contributed by atoms with Gasteiger partial charge in [-0.3, -0.25) is 4.79 Å². The molecule has 2 rings (SSSR count). The predicted molar refractivity (Wildman–Crippen MR) is 98.7 cm³/mol. The van der Waals surface area contributed by atoms with Gasteiger partial charge in [0, 0.05) is 13.1 Å². The van der Waals surface area contributed by atoms with Gasteiger partial charge < -0.3 is 15.4 Å². The number of rotatable bonds is 6. The standard InChI is InChI=1S/C19H26N4O2/c1-6-23(7-2)18(24)16-13(4)21-19(20)22-17(16)14(5)25-15-11-9-8-10-12(15)3/h8-11,14H,6-7H2,1-5H3,(H2,20,21,22). The lowest BCUT2D eigenvalue weighted by Crippen LogP contribution is -2.33. The normalized spacial score (nSPS) is 11.9. The molecule has 1 heterocycles. The molecule has 0 saturated carbocycles. The number of nitrogens with zero attached hydrogens (tertiary/aromatic N) is 3. The fourth-order valence-electron chi connectivity index (χ4n) is 2.78. The Labute approximate surface area is 149 Å². The summed E-state index contributed by atoms with van der Waals surface area (Å²) in [6.07, 6.45) is -0.431. The summed E-state index contributed by atoms with van der Waals surface area (Å²) in [5, 5.41) is 0. The minimum atomic E-state index is -0.431. The number of hydrogen-bond donors (Lipinski definition) is 1. The van der Waals surface area contributed by atoms with E-state index in [1.165, 1.54) is 0 Å². The molecule has 25 heavy (non-hydrogen) atoms. The third kappa shape index (κ3) is 4.07. The summed E-state index contributed by atoms with van der Waals surface area (Å²) in [4.78, 5) is 23.2. The van der Waals surface area contributed by atoms with E-state index in [1.54, 1.807) is 11.8 Å². The molecular weight excluding hydrogens is 316 g/mol. The first-order valence-electron chi connectivity index (χ1n) is 8.54. The molecule has 1 aromatic heterocycles. The molecule has 0 aliphatic rings. The van der Waals surface area contributed by atoms with Crippen molar-refractivity contribution in [3.63, 3.8) is 0 Å². The number of nitrogens with two attached hydrogens (primary N) is 1. The topological polar surface area (TPSA) is 81.3 Å². The lowest BCUT2D eigenvalue weighted by Gasteiger charge is -2.24. The van der Waals surface area contributed by atoms with Crippen LogP contribution in [0.2, 0.25) is 0 Å². The van der Waals surface area contributed by atoms with Crippen molar-refractivity contribution in [1.29, 1.82) is 0 Å². The molecule has 1 atom stereocenters. The Kier molecular flexibility index (Phi) is 5.96. The van der Waals surface area contributed by atoms with E-state index in [-0.39, 0.29) is 11.9 Å². The minimum absolute atomic E-state index is 0.0993. The summed E-state index contributed by atoms with van der Waals surface area (Å²) >= 11 is 0. The van der Waals surface area contributed by atoms with E-state index in [0.29, 0.717) is 30.0 Å². The Morgan fingerprint density at radius 1 is 1.20 bits per heavy atom. The zero-order valence-electron chi connectivity index (χ0n) is 15.5. The number of anilines is 1.